The molecular weight excluding hydrogens is 282 g/mol. The van der Waals surface area contributed by atoms with Crippen LogP contribution in [-0.4, -0.2) is 26.8 Å². The zero-order valence-electron chi connectivity index (χ0n) is 12.4. The predicted molar refractivity (Wildman–Crippen MR) is 80.5 cm³/mol. The monoisotopic (exact) mass is 303 g/mol. The molecule has 0 saturated heterocycles. The SMILES string of the molecule is CC(C)c1cc(S(=O)(=O)N(C)C)c(C(C)C)cc1Cl. The molecule has 0 aliphatic rings. The Balaban J connectivity index is 3.65. The van der Waals surface area contributed by atoms with E-state index in [4.69, 9.17) is 11.6 Å². The Hall–Kier alpha value is -0.580. The van der Waals surface area contributed by atoms with E-state index in [1.54, 1.807) is 26.2 Å². The Morgan fingerprint density at radius 1 is 1.00 bits per heavy atom. The van der Waals surface area contributed by atoms with Crippen LogP contribution in [0.25, 0.3) is 0 Å². The molecule has 3 nitrogen and oxygen atoms in total. The molecule has 19 heavy (non-hydrogen) atoms. The number of halogens is 1. The van der Waals surface area contributed by atoms with Crippen LogP contribution < -0.4 is 0 Å². The molecule has 1 rings (SSSR count). The Bertz CT molecular complexity index is 563. The highest BCUT2D eigenvalue weighted by atomic mass is 35.5. The van der Waals surface area contributed by atoms with Crippen molar-refractivity contribution in [3.05, 3.63) is 28.3 Å². The van der Waals surface area contributed by atoms with E-state index in [0.717, 1.165) is 11.1 Å². The van der Waals surface area contributed by atoms with Gasteiger partial charge in [-0.1, -0.05) is 39.3 Å². The standard InChI is InChI=1S/C14H22ClNO2S/c1-9(2)11-8-14(19(17,18)16(5)6)12(10(3)4)7-13(11)15/h7-10H,1-6H3. The first-order valence-corrected chi connectivity index (χ1v) is 8.16. The van der Waals surface area contributed by atoms with Gasteiger partial charge in [-0.2, -0.15) is 0 Å². The van der Waals surface area contributed by atoms with Gasteiger partial charge in [0.05, 0.1) is 4.90 Å². The number of hydrogen-bond acceptors (Lipinski definition) is 2. The molecule has 0 radical (unpaired) electrons. The second-order valence-electron chi connectivity index (χ2n) is 5.51. The second-order valence-corrected chi connectivity index (χ2v) is 8.04. The van der Waals surface area contributed by atoms with Crippen LogP contribution in [0, 0.1) is 0 Å². The smallest absolute Gasteiger partial charge is 0.207 e. The minimum Gasteiger partial charge on any atom is -0.207 e. The fourth-order valence-corrected chi connectivity index (χ4v) is 3.55. The summed E-state index contributed by atoms with van der Waals surface area (Å²) >= 11 is 6.26. The third kappa shape index (κ3) is 3.30. The van der Waals surface area contributed by atoms with Crippen LogP contribution in [0.2, 0.25) is 5.02 Å². The highest BCUT2D eigenvalue weighted by Gasteiger charge is 2.24. The summed E-state index contributed by atoms with van der Waals surface area (Å²) < 4.78 is 26.1. The maximum absolute atomic E-state index is 12.4. The lowest BCUT2D eigenvalue weighted by atomic mass is 9.97. The largest absolute Gasteiger partial charge is 0.242 e. The zero-order chi connectivity index (χ0) is 15.0. The lowest BCUT2D eigenvalue weighted by Gasteiger charge is -2.20. The Kier molecular flexibility index (Phi) is 5.04. The van der Waals surface area contributed by atoms with Crippen LogP contribution >= 0.6 is 11.6 Å². The zero-order valence-corrected chi connectivity index (χ0v) is 13.9. The van der Waals surface area contributed by atoms with Crippen molar-refractivity contribution in [1.29, 1.82) is 0 Å². The lowest BCUT2D eigenvalue weighted by molar-refractivity contribution is 0.518. The average Bonchev–Trinajstić information content (AvgIpc) is 2.27. The van der Waals surface area contributed by atoms with Gasteiger partial charge in [-0.25, -0.2) is 12.7 Å². The molecule has 1 aromatic rings. The van der Waals surface area contributed by atoms with Crippen molar-refractivity contribution in [3.8, 4) is 0 Å². The molecule has 0 fully saturated rings. The third-order valence-corrected chi connectivity index (χ3v) is 5.33. The van der Waals surface area contributed by atoms with E-state index >= 15 is 0 Å². The molecule has 0 N–H and O–H groups in total. The first-order chi connectivity index (χ1) is 8.59. The van der Waals surface area contributed by atoms with Crippen molar-refractivity contribution >= 4 is 21.6 Å². The fourth-order valence-electron chi connectivity index (χ4n) is 1.90. The van der Waals surface area contributed by atoms with Gasteiger partial charge in [-0.3, -0.25) is 0 Å². The summed E-state index contributed by atoms with van der Waals surface area (Å²) in [5.41, 5.74) is 1.63. The van der Waals surface area contributed by atoms with Crippen molar-refractivity contribution in [2.75, 3.05) is 14.1 Å². The van der Waals surface area contributed by atoms with Gasteiger partial charge in [0, 0.05) is 19.1 Å². The molecule has 108 valence electrons. The van der Waals surface area contributed by atoms with Crippen molar-refractivity contribution in [2.45, 2.75) is 44.4 Å². The molecule has 5 heteroatoms. The van der Waals surface area contributed by atoms with Crippen molar-refractivity contribution < 1.29 is 8.42 Å². The topological polar surface area (TPSA) is 37.4 Å². The first-order valence-electron chi connectivity index (χ1n) is 6.34. The highest BCUT2D eigenvalue weighted by molar-refractivity contribution is 7.89. The number of benzene rings is 1. The van der Waals surface area contributed by atoms with Gasteiger partial charge in [0.2, 0.25) is 10.0 Å². The van der Waals surface area contributed by atoms with Gasteiger partial charge < -0.3 is 0 Å². The summed E-state index contributed by atoms with van der Waals surface area (Å²) in [6, 6.07) is 3.51. The summed E-state index contributed by atoms with van der Waals surface area (Å²) in [6.07, 6.45) is 0. The van der Waals surface area contributed by atoms with Crippen molar-refractivity contribution in [2.24, 2.45) is 0 Å². The van der Waals surface area contributed by atoms with Gasteiger partial charge >= 0.3 is 0 Å². The molecule has 0 saturated carbocycles. The maximum Gasteiger partial charge on any atom is 0.242 e. The average molecular weight is 304 g/mol. The first kappa shape index (κ1) is 16.5. The normalized spacial score (nSPS) is 12.7. The van der Waals surface area contributed by atoms with Crippen LogP contribution in [0.5, 0.6) is 0 Å². The van der Waals surface area contributed by atoms with Gasteiger partial charge in [-0.15, -0.1) is 0 Å². The molecule has 0 spiro atoms. The number of rotatable bonds is 4. The minimum atomic E-state index is -3.45. The van der Waals surface area contributed by atoms with Gasteiger partial charge in [0.1, 0.15) is 0 Å². The van der Waals surface area contributed by atoms with E-state index in [1.807, 2.05) is 27.7 Å². The maximum atomic E-state index is 12.4. The Labute approximate surface area is 121 Å². The van der Waals surface area contributed by atoms with Crippen LogP contribution in [0.4, 0.5) is 0 Å². The van der Waals surface area contributed by atoms with Crippen LogP contribution in [0.1, 0.15) is 50.7 Å². The molecule has 0 bridgehead atoms. The van der Waals surface area contributed by atoms with E-state index < -0.39 is 10.0 Å². The van der Waals surface area contributed by atoms with E-state index in [-0.39, 0.29) is 11.8 Å². The van der Waals surface area contributed by atoms with Gasteiger partial charge in [0.25, 0.3) is 0 Å². The number of nitrogens with zero attached hydrogens (tertiary/aromatic N) is 1. The molecule has 0 amide bonds. The summed E-state index contributed by atoms with van der Waals surface area (Å²) in [4.78, 5) is 0.362. The molecule has 0 unspecified atom stereocenters. The minimum absolute atomic E-state index is 0.100. The van der Waals surface area contributed by atoms with Crippen LogP contribution in [0.15, 0.2) is 17.0 Å². The molecule has 0 heterocycles. The fraction of sp³-hybridized carbons (Fsp3) is 0.571. The quantitative estimate of drug-likeness (QED) is 0.847. The summed E-state index contributed by atoms with van der Waals surface area (Å²) in [5, 5.41) is 0.636. The van der Waals surface area contributed by atoms with E-state index in [0.29, 0.717) is 9.92 Å². The van der Waals surface area contributed by atoms with Crippen molar-refractivity contribution in [3.63, 3.8) is 0 Å². The molecular formula is C14H22ClNO2S. The molecule has 0 atom stereocenters. The summed E-state index contributed by atoms with van der Waals surface area (Å²) in [6.45, 7) is 7.94. The lowest BCUT2D eigenvalue weighted by Crippen LogP contribution is -2.24. The van der Waals surface area contributed by atoms with Crippen LogP contribution in [0.3, 0.4) is 0 Å². The van der Waals surface area contributed by atoms with Crippen LogP contribution in [-0.2, 0) is 10.0 Å². The molecule has 0 aliphatic carbocycles. The molecule has 1 aromatic carbocycles. The summed E-state index contributed by atoms with van der Waals surface area (Å²) in [7, 11) is -0.361. The Morgan fingerprint density at radius 3 is 1.84 bits per heavy atom. The van der Waals surface area contributed by atoms with E-state index in [9.17, 15) is 8.42 Å². The summed E-state index contributed by atoms with van der Waals surface area (Å²) in [5.74, 6) is 0.285. The number of hydrogen-bond donors (Lipinski definition) is 0. The van der Waals surface area contributed by atoms with E-state index in [1.165, 1.54) is 4.31 Å². The predicted octanol–water partition coefficient (Wildman–Crippen LogP) is 3.84. The van der Waals surface area contributed by atoms with Gasteiger partial charge in [0.15, 0.2) is 0 Å². The highest BCUT2D eigenvalue weighted by Crippen LogP contribution is 2.34. The molecule has 0 aromatic heterocycles. The van der Waals surface area contributed by atoms with Gasteiger partial charge in [-0.05, 0) is 35.1 Å². The van der Waals surface area contributed by atoms with E-state index in [2.05, 4.69) is 0 Å². The third-order valence-electron chi connectivity index (χ3n) is 3.13. The second kappa shape index (κ2) is 5.81. The Morgan fingerprint density at radius 2 is 1.47 bits per heavy atom. The van der Waals surface area contributed by atoms with Crippen molar-refractivity contribution in [1.82, 2.24) is 4.31 Å². The number of sulfonamides is 1. The molecule has 0 aliphatic heterocycles.